The van der Waals surface area contributed by atoms with Crippen molar-refractivity contribution in [3.8, 4) is 0 Å². The van der Waals surface area contributed by atoms with Gasteiger partial charge in [0.2, 0.25) is 0 Å². The molecule has 1 fully saturated rings. The van der Waals surface area contributed by atoms with Crippen LogP contribution in [-0.2, 0) is 12.8 Å². The highest BCUT2D eigenvalue weighted by atomic mass is 16.4. The summed E-state index contributed by atoms with van der Waals surface area (Å²) in [5.41, 5.74) is 1.20. The lowest BCUT2D eigenvalue weighted by Crippen LogP contribution is -2.16. The summed E-state index contributed by atoms with van der Waals surface area (Å²) >= 11 is 0. The van der Waals surface area contributed by atoms with Crippen molar-refractivity contribution in [1.29, 1.82) is 0 Å². The number of fused-ring (bicyclic) bond motifs is 1. The van der Waals surface area contributed by atoms with E-state index in [1.807, 2.05) is 0 Å². The Labute approximate surface area is 77.5 Å². The van der Waals surface area contributed by atoms with Crippen LogP contribution < -0.4 is 5.32 Å². The highest BCUT2D eigenvalue weighted by Gasteiger charge is 2.30. The molecule has 1 aromatic rings. The average molecular weight is 178 g/mol. The van der Waals surface area contributed by atoms with Gasteiger partial charge in [-0.15, -0.1) is 0 Å². The number of nitrogens with one attached hydrogen (secondary N) is 1. The Morgan fingerprint density at radius 3 is 2.92 bits per heavy atom. The van der Waals surface area contributed by atoms with Crippen LogP contribution in [0.1, 0.15) is 36.1 Å². The van der Waals surface area contributed by atoms with Gasteiger partial charge in [0.1, 0.15) is 5.76 Å². The van der Waals surface area contributed by atoms with Gasteiger partial charge in [-0.05, 0) is 12.8 Å². The molecule has 0 amide bonds. The predicted octanol–water partition coefficient (Wildman–Crippen LogP) is 1.24. The molecule has 1 saturated carbocycles. The number of oxazole rings is 1. The van der Waals surface area contributed by atoms with Crippen molar-refractivity contribution in [2.24, 2.45) is 0 Å². The predicted molar refractivity (Wildman–Crippen MR) is 48.8 cm³/mol. The fourth-order valence-electron chi connectivity index (χ4n) is 1.83. The minimum atomic E-state index is 0.653. The van der Waals surface area contributed by atoms with E-state index in [1.54, 1.807) is 0 Å². The molecule has 3 nitrogen and oxygen atoms in total. The molecule has 1 N–H and O–H groups in total. The molecule has 1 aromatic heterocycles. The molecule has 3 rings (SSSR count). The molecule has 0 radical (unpaired) electrons. The SMILES string of the molecule is C1Cc2nc(C3CC3)oc2CCN1. The van der Waals surface area contributed by atoms with Crippen molar-refractivity contribution in [3.05, 3.63) is 17.3 Å². The second-order valence-corrected chi connectivity index (χ2v) is 3.95. The van der Waals surface area contributed by atoms with Crippen molar-refractivity contribution in [1.82, 2.24) is 10.3 Å². The molecule has 0 aromatic carbocycles. The lowest BCUT2D eigenvalue weighted by Gasteiger charge is -1.94. The summed E-state index contributed by atoms with van der Waals surface area (Å²) in [6.45, 7) is 2.08. The molecule has 2 heterocycles. The van der Waals surface area contributed by atoms with E-state index in [2.05, 4.69) is 10.3 Å². The Bertz CT molecular complexity index is 291. The number of nitrogens with zero attached hydrogens (tertiary/aromatic N) is 1. The first-order valence-electron chi connectivity index (χ1n) is 5.12. The minimum absolute atomic E-state index is 0.653. The summed E-state index contributed by atoms with van der Waals surface area (Å²) in [4.78, 5) is 4.57. The second kappa shape index (κ2) is 2.84. The first kappa shape index (κ1) is 7.56. The average Bonchev–Trinajstić information content (AvgIpc) is 2.93. The normalized spacial score (nSPS) is 22.5. The fourth-order valence-corrected chi connectivity index (χ4v) is 1.83. The van der Waals surface area contributed by atoms with Crippen LogP contribution in [0.5, 0.6) is 0 Å². The van der Waals surface area contributed by atoms with Crippen LogP contribution >= 0.6 is 0 Å². The quantitative estimate of drug-likeness (QED) is 0.703. The lowest BCUT2D eigenvalue weighted by molar-refractivity contribution is 0.454. The molecular weight excluding hydrogens is 164 g/mol. The summed E-state index contributed by atoms with van der Waals surface area (Å²) < 4.78 is 5.76. The fraction of sp³-hybridized carbons (Fsp3) is 0.700. The molecule has 0 atom stereocenters. The van der Waals surface area contributed by atoms with E-state index in [9.17, 15) is 0 Å². The van der Waals surface area contributed by atoms with E-state index < -0.39 is 0 Å². The number of hydrogen-bond donors (Lipinski definition) is 1. The van der Waals surface area contributed by atoms with Crippen LogP contribution in [0.15, 0.2) is 4.42 Å². The molecule has 1 aliphatic heterocycles. The maximum Gasteiger partial charge on any atom is 0.197 e. The van der Waals surface area contributed by atoms with Crippen LogP contribution in [0.25, 0.3) is 0 Å². The van der Waals surface area contributed by atoms with Gasteiger partial charge in [0, 0.05) is 31.8 Å². The number of rotatable bonds is 1. The zero-order valence-electron chi connectivity index (χ0n) is 7.68. The van der Waals surface area contributed by atoms with Gasteiger partial charge in [-0.2, -0.15) is 0 Å². The molecule has 0 bridgehead atoms. The largest absolute Gasteiger partial charge is 0.445 e. The zero-order valence-corrected chi connectivity index (χ0v) is 7.68. The van der Waals surface area contributed by atoms with Crippen molar-refractivity contribution in [3.63, 3.8) is 0 Å². The molecule has 0 saturated heterocycles. The van der Waals surface area contributed by atoms with E-state index in [4.69, 9.17) is 4.42 Å². The van der Waals surface area contributed by atoms with Gasteiger partial charge < -0.3 is 9.73 Å². The third kappa shape index (κ3) is 1.37. The summed E-state index contributed by atoms with van der Waals surface area (Å²) in [6, 6.07) is 0. The van der Waals surface area contributed by atoms with Crippen LogP contribution in [0.4, 0.5) is 0 Å². The summed E-state index contributed by atoms with van der Waals surface area (Å²) in [6.07, 6.45) is 4.59. The van der Waals surface area contributed by atoms with E-state index in [0.29, 0.717) is 5.92 Å². The molecule has 13 heavy (non-hydrogen) atoms. The first-order valence-corrected chi connectivity index (χ1v) is 5.12. The van der Waals surface area contributed by atoms with Gasteiger partial charge >= 0.3 is 0 Å². The summed E-state index contributed by atoms with van der Waals surface area (Å²) in [7, 11) is 0. The molecule has 1 aliphatic carbocycles. The molecule has 0 unspecified atom stereocenters. The third-order valence-electron chi connectivity index (χ3n) is 2.79. The standard InChI is InChI=1S/C10H14N2O/c1-2-7(1)10-12-8-3-5-11-6-4-9(8)13-10/h7,11H,1-6H2. The Kier molecular flexibility index (Phi) is 1.65. The van der Waals surface area contributed by atoms with Gasteiger partial charge in [0.05, 0.1) is 5.69 Å². The Hall–Kier alpha value is -0.830. The second-order valence-electron chi connectivity index (χ2n) is 3.95. The highest BCUT2D eigenvalue weighted by Crippen LogP contribution is 2.40. The highest BCUT2D eigenvalue weighted by molar-refractivity contribution is 5.16. The Balaban J connectivity index is 1.92. The van der Waals surface area contributed by atoms with E-state index in [-0.39, 0.29) is 0 Å². The number of hydrogen-bond acceptors (Lipinski definition) is 3. The minimum Gasteiger partial charge on any atom is -0.445 e. The smallest absolute Gasteiger partial charge is 0.197 e. The molecule has 3 heteroatoms. The van der Waals surface area contributed by atoms with Crippen molar-refractivity contribution in [2.45, 2.75) is 31.6 Å². The maximum atomic E-state index is 5.76. The van der Waals surface area contributed by atoms with Gasteiger partial charge in [-0.3, -0.25) is 0 Å². The van der Waals surface area contributed by atoms with Gasteiger partial charge in [-0.25, -0.2) is 4.98 Å². The molecule has 0 spiro atoms. The van der Waals surface area contributed by atoms with Crippen molar-refractivity contribution in [2.75, 3.05) is 13.1 Å². The topological polar surface area (TPSA) is 38.1 Å². The molecule has 70 valence electrons. The van der Waals surface area contributed by atoms with E-state index in [0.717, 1.165) is 37.6 Å². The van der Waals surface area contributed by atoms with Crippen LogP contribution in [0, 0.1) is 0 Å². The van der Waals surface area contributed by atoms with Gasteiger partial charge in [0.15, 0.2) is 5.89 Å². The Morgan fingerprint density at radius 2 is 2.08 bits per heavy atom. The van der Waals surface area contributed by atoms with Crippen molar-refractivity contribution < 1.29 is 4.42 Å². The third-order valence-corrected chi connectivity index (χ3v) is 2.79. The van der Waals surface area contributed by atoms with Crippen LogP contribution in [0.3, 0.4) is 0 Å². The van der Waals surface area contributed by atoms with Crippen LogP contribution in [-0.4, -0.2) is 18.1 Å². The first-order chi connectivity index (χ1) is 6.43. The Morgan fingerprint density at radius 1 is 1.23 bits per heavy atom. The maximum absolute atomic E-state index is 5.76. The van der Waals surface area contributed by atoms with Gasteiger partial charge in [-0.1, -0.05) is 0 Å². The lowest BCUT2D eigenvalue weighted by atomic mass is 10.2. The zero-order chi connectivity index (χ0) is 8.67. The van der Waals surface area contributed by atoms with Crippen LogP contribution in [0.2, 0.25) is 0 Å². The molecule has 2 aliphatic rings. The molecular formula is C10H14N2O. The van der Waals surface area contributed by atoms with E-state index >= 15 is 0 Å². The number of aromatic nitrogens is 1. The van der Waals surface area contributed by atoms with Crippen molar-refractivity contribution >= 4 is 0 Å². The summed E-state index contributed by atoms with van der Waals surface area (Å²) in [5.74, 6) is 2.79. The summed E-state index contributed by atoms with van der Waals surface area (Å²) in [5, 5.41) is 3.34. The van der Waals surface area contributed by atoms with E-state index in [1.165, 1.54) is 18.5 Å². The monoisotopic (exact) mass is 178 g/mol. The van der Waals surface area contributed by atoms with Gasteiger partial charge in [0.25, 0.3) is 0 Å².